The van der Waals surface area contributed by atoms with Crippen LogP contribution in [0.3, 0.4) is 0 Å². The van der Waals surface area contributed by atoms with E-state index in [0.29, 0.717) is 0 Å². The van der Waals surface area contributed by atoms with E-state index in [1.807, 2.05) is 0 Å². The van der Waals surface area contributed by atoms with E-state index in [1.165, 1.54) is 12.2 Å². The third kappa shape index (κ3) is 2.87. The molecule has 0 radical (unpaired) electrons. The van der Waals surface area contributed by atoms with E-state index in [4.69, 9.17) is 9.79 Å². The van der Waals surface area contributed by atoms with Crippen LogP contribution >= 0.6 is 7.60 Å². The summed E-state index contributed by atoms with van der Waals surface area (Å²) in [6, 6.07) is 0. The predicted octanol–water partition coefficient (Wildman–Crippen LogP) is 0.958. The number of alkyl halides is 1. The Morgan fingerprint density at radius 3 is 2.57 bits per heavy atom. The molecule has 0 saturated heterocycles. The monoisotopic (exact) mass is 220 g/mol. The maximum Gasteiger partial charge on any atom is 0.325 e. The van der Waals surface area contributed by atoms with Gasteiger partial charge in [-0.05, 0) is 12.2 Å². The molecule has 1 atom stereocenters. The molecule has 6 heteroatoms. The molecule has 0 amide bonds. The standard InChI is InChI=1S/C8H10FO4P/c9-8(5-6-14(11,12)13)4-2-1-3-7(8)10/h1-4H,5-6H2,(H2,11,12,13). The van der Waals surface area contributed by atoms with Crippen molar-refractivity contribution in [3.05, 3.63) is 24.3 Å². The van der Waals surface area contributed by atoms with Crippen LogP contribution in [0.15, 0.2) is 24.3 Å². The zero-order valence-electron chi connectivity index (χ0n) is 7.26. The summed E-state index contributed by atoms with van der Waals surface area (Å²) in [5, 5.41) is 0. The summed E-state index contributed by atoms with van der Waals surface area (Å²) in [5.74, 6) is -0.770. The average Bonchev–Trinajstić information content (AvgIpc) is 2.06. The summed E-state index contributed by atoms with van der Waals surface area (Å²) in [5.41, 5.74) is -2.25. The average molecular weight is 220 g/mol. The highest BCUT2D eigenvalue weighted by Gasteiger charge is 2.36. The van der Waals surface area contributed by atoms with E-state index in [-0.39, 0.29) is 0 Å². The summed E-state index contributed by atoms with van der Waals surface area (Å²) in [7, 11) is -4.25. The van der Waals surface area contributed by atoms with Gasteiger partial charge in [0.15, 0.2) is 11.5 Å². The molecule has 2 N–H and O–H groups in total. The molecule has 0 fully saturated rings. The van der Waals surface area contributed by atoms with E-state index in [2.05, 4.69) is 0 Å². The molecule has 4 nitrogen and oxygen atoms in total. The van der Waals surface area contributed by atoms with Gasteiger partial charge in [-0.2, -0.15) is 0 Å². The maximum atomic E-state index is 13.7. The fourth-order valence-corrected chi connectivity index (χ4v) is 1.70. The van der Waals surface area contributed by atoms with Crippen molar-refractivity contribution < 1.29 is 23.5 Å². The zero-order chi connectivity index (χ0) is 10.8. The third-order valence-corrected chi connectivity index (χ3v) is 2.70. The lowest BCUT2D eigenvalue weighted by molar-refractivity contribution is -0.123. The molecule has 0 heterocycles. The molecule has 1 aliphatic carbocycles. The number of rotatable bonds is 3. The summed E-state index contributed by atoms with van der Waals surface area (Å²) in [6.07, 6.45) is 3.69. The number of carbonyl (C=O) groups is 1. The van der Waals surface area contributed by atoms with Crippen molar-refractivity contribution in [2.75, 3.05) is 6.16 Å². The van der Waals surface area contributed by atoms with Crippen LogP contribution in [0.5, 0.6) is 0 Å². The van der Waals surface area contributed by atoms with Crippen molar-refractivity contribution in [3.63, 3.8) is 0 Å². The summed E-state index contributed by atoms with van der Waals surface area (Å²) in [4.78, 5) is 28.1. The lowest BCUT2D eigenvalue weighted by Crippen LogP contribution is -2.32. The van der Waals surface area contributed by atoms with Crippen LogP contribution in [0.2, 0.25) is 0 Å². The molecular weight excluding hydrogens is 210 g/mol. The van der Waals surface area contributed by atoms with Crippen LogP contribution in [0.1, 0.15) is 6.42 Å². The van der Waals surface area contributed by atoms with E-state index < -0.39 is 31.6 Å². The molecule has 0 bridgehead atoms. The van der Waals surface area contributed by atoms with E-state index in [1.54, 1.807) is 0 Å². The molecule has 1 aliphatic rings. The molecule has 0 spiro atoms. The second-order valence-electron chi connectivity index (χ2n) is 3.08. The molecule has 0 aromatic heterocycles. The quantitative estimate of drug-likeness (QED) is 0.694. The van der Waals surface area contributed by atoms with Gasteiger partial charge in [0.1, 0.15) is 0 Å². The van der Waals surface area contributed by atoms with Crippen LogP contribution in [0.25, 0.3) is 0 Å². The first-order valence-electron chi connectivity index (χ1n) is 3.97. The molecule has 78 valence electrons. The van der Waals surface area contributed by atoms with Crippen molar-refractivity contribution in [1.29, 1.82) is 0 Å². The van der Waals surface area contributed by atoms with Gasteiger partial charge in [-0.3, -0.25) is 9.36 Å². The Morgan fingerprint density at radius 1 is 1.43 bits per heavy atom. The van der Waals surface area contributed by atoms with Crippen LogP contribution in [-0.4, -0.2) is 27.4 Å². The van der Waals surface area contributed by atoms with Gasteiger partial charge in [0.2, 0.25) is 0 Å². The zero-order valence-corrected chi connectivity index (χ0v) is 8.15. The molecule has 0 aromatic rings. The van der Waals surface area contributed by atoms with Gasteiger partial charge in [0, 0.05) is 6.42 Å². The van der Waals surface area contributed by atoms with Crippen LogP contribution in [0.4, 0.5) is 4.39 Å². The van der Waals surface area contributed by atoms with Gasteiger partial charge in [-0.25, -0.2) is 4.39 Å². The Labute approximate surface area is 80.3 Å². The topological polar surface area (TPSA) is 74.6 Å². The number of hydrogen-bond acceptors (Lipinski definition) is 2. The Balaban J connectivity index is 2.68. The summed E-state index contributed by atoms with van der Waals surface area (Å²) < 4.78 is 24.2. The Hall–Kier alpha value is -0.770. The normalized spacial score (nSPS) is 26.9. The smallest absolute Gasteiger partial charge is 0.324 e. The number of hydrogen-bond donors (Lipinski definition) is 2. The molecular formula is C8H10FO4P. The SMILES string of the molecule is O=C1C=CC=CC1(F)CCP(=O)(O)O. The second kappa shape index (κ2) is 3.77. The van der Waals surface area contributed by atoms with Crippen molar-refractivity contribution >= 4 is 13.4 Å². The first-order valence-corrected chi connectivity index (χ1v) is 5.77. The fraction of sp³-hybridized carbons (Fsp3) is 0.375. The lowest BCUT2D eigenvalue weighted by Gasteiger charge is -2.20. The minimum Gasteiger partial charge on any atom is -0.324 e. The minimum absolute atomic E-state index is 0.489. The van der Waals surface area contributed by atoms with Gasteiger partial charge < -0.3 is 9.79 Å². The second-order valence-corrected chi connectivity index (χ2v) is 4.86. The van der Waals surface area contributed by atoms with Gasteiger partial charge >= 0.3 is 7.60 Å². The first kappa shape index (κ1) is 11.3. The predicted molar refractivity (Wildman–Crippen MR) is 48.7 cm³/mol. The van der Waals surface area contributed by atoms with Gasteiger partial charge in [0.25, 0.3) is 0 Å². The molecule has 0 aromatic carbocycles. The largest absolute Gasteiger partial charge is 0.325 e. The summed E-state index contributed by atoms with van der Waals surface area (Å²) in [6.45, 7) is 0. The van der Waals surface area contributed by atoms with Crippen molar-refractivity contribution in [3.8, 4) is 0 Å². The highest BCUT2D eigenvalue weighted by atomic mass is 31.2. The highest BCUT2D eigenvalue weighted by molar-refractivity contribution is 7.51. The first-order chi connectivity index (χ1) is 6.33. The Bertz CT molecular complexity index is 343. The number of allylic oxidation sites excluding steroid dienone is 4. The van der Waals surface area contributed by atoms with E-state index in [0.717, 1.165) is 12.2 Å². The number of ketones is 1. The van der Waals surface area contributed by atoms with Crippen LogP contribution in [-0.2, 0) is 9.36 Å². The van der Waals surface area contributed by atoms with Gasteiger partial charge in [0.05, 0.1) is 6.16 Å². The van der Waals surface area contributed by atoms with Gasteiger partial charge in [-0.1, -0.05) is 12.2 Å². The third-order valence-electron chi connectivity index (χ3n) is 1.90. The van der Waals surface area contributed by atoms with Crippen molar-refractivity contribution in [2.45, 2.75) is 12.1 Å². The van der Waals surface area contributed by atoms with Gasteiger partial charge in [-0.15, -0.1) is 0 Å². The van der Waals surface area contributed by atoms with Crippen LogP contribution in [0, 0.1) is 0 Å². The van der Waals surface area contributed by atoms with Crippen molar-refractivity contribution in [1.82, 2.24) is 0 Å². The fourth-order valence-electron chi connectivity index (χ4n) is 1.09. The Kier molecular flexibility index (Phi) is 3.04. The minimum atomic E-state index is -4.25. The van der Waals surface area contributed by atoms with E-state index in [9.17, 15) is 13.8 Å². The van der Waals surface area contributed by atoms with Crippen LogP contribution < -0.4 is 0 Å². The molecule has 1 unspecified atom stereocenters. The number of halogens is 1. The Morgan fingerprint density at radius 2 is 2.07 bits per heavy atom. The lowest BCUT2D eigenvalue weighted by atomic mass is 9.93. The summed E-state index contributed by atoms with van der Waals surface area (Å²) >= 11 is 0. The molecule has 14 heavy (non-hydrogen) atoms. The highest BCUT2D eigenvalue weighted by Crippen LogP contribution is 2.38. The number of carbonyl (C=O) groups excluding carboxylic acids is 1. The maximum absolute atomic E-state index is 13.7. The molecule has 0 aliphatic heterocycles. The van der Waals surface area contributed by atoms with E-state index >= 15 is 0 Å². The molecule has 0 saturated carbocycles. The van der Waals surface area contributed by atoms with Crippen molar-refractivity contribution in [2.24, 2.45) is 0 Å². The molecule has 1 rings (SSSR count).